The van der Waals surface area contributed by atoms with Crippen molar-refractivity contribution in [3.05, 3.63) is 65.9 Å². The summed E-state index contributed by atoms with van der Waals surface area (Å²) in [4.78, 5) is 12.1. The second kappa shape index (κ2) is 7.66. The van der Waals surface area contributed by atoms with E-state index in [0.717, 1.165) is 11.3 Å². The molecule has 2 rings (SSSR count). The average molecular weight is 307 g/mol. The number of rotatable bonds is 5. The summed E-state index contributed by atoms with van der Waals surface area (Å²) in [5, 5.41) is 14.8. The molecule has 0 aliphatic carbocycles. The number of amides is 1. The van der Waals surface area contributed by atoms with E-state index in [2.05, 4.69) is 10.6 Å². The molecule has 0 unspecified atom stereocenters. The zero-order valence-electron chi connectivity index (χ0n) is 13.0. The first kappa shape index (κ1) is 16.1. The van der Waals surface area contributed by atoms with Crippen LogP contribution in [0, 0.1) is 18.3 Å². The standard InChI is InChI=1S/C18H17N3O2/c1-13-5-3-7-16(9-13)21-18(22)14(11-19)12-20-15-6-4-8-17(10-15)23-2/h3-10,12,20H,1-2H3,(H,21,22)/b14-12-. The van der Waals surface area contributed by atoms with Crippen LogP contribution >= 0.6 is 0 Å². The predicted octanol–water partition coefficient (Wildman–Crippen LogP) is 3.46. The number of carbonyl (C=O) groups is 1. The van der Waals surface area contributed by atoms with Gasteiger partial charge in [-0.1, -0.05) is 18.2 Å². The number of nitrogens with zero attached hydrogens (tertiary/aromatic N) is 1. The molecule has 2 aromatic rings. The van der Waals surface area contributed by atoms with Crippen molar-refractivity contribution in [1.29, 1.82) is 5.26 Å². The first-order valence-corrected chi connectivity index (χ1v) is 7.01. The Kier molecular flexibility index (Phi) is 5.37. The van der Waals surface area contributed by atoms with Crippen molar-refractivity contribution in [3.63, 3.8) is 0 Å². The van der Waals surface area contributed by atoms with E-state index in [1.807, 2.05) is 49.4 Å². The second-order valence-corrected chi connectivity index (χ2v) is 4.87. The van der Waals surface area contributed by atoms with Crippen LogP contribution in [0.3, 0.4) is 0 Å². The first-order valence-electron chi connectivity index (χ1n) is 7.01. The van der Waals surface area contributed by atoms with Crippen molar-refractivity contribution < 1.29 is 9.53 Å². The molecule has 0 aliphatic heterocycles. The summed E-state index contributed by atoms with van der Waals surface area (Å²) >= 11 is 0. The Hall–Kier alpha value is -3.26. The molecule has 0 fully saturated rings. The molecule has 0 aliphatic rings. The van der Waals surface area contributed by atoms with E-state index in [-0.39, 0.29) is 5.57 Å². The molecule has 0 saturated heterocycles. The number of anilines is 2. The number of ether oxygens (including phenoxy) is 1. The Morgan fingerprint density at radius 1 is 1.17 bits per heavy atom. The molecule has 0 radical (unpaired) electrons. The molecular formula is C18H17N3O2. The van der Waals surface area contributed by atoms with Crippen LogP contribution < -0.4 is 15.4 Å². The summed E-state index contributed by atoms with van der Waals surface area (Å²) in [5.41, 5.74) is 2.38. The van der Waals surface area contributed by atoms with E-state index in [0.29, 0.717) is 11.4 Å². The monoisotopic (exact) mass is 307 g/mol. The van der Waals surface area contributed by atoms with Gasteiger partial charge in [0.2, 0.25) is 0 Å². The Labute approximate surface area is 135 Å². The molecule has 2 N–H and O–H groups in total. The smallest absolute Gasteiger partial charge is 0.267 e. The summed E-state index contributed by atoms with van der Waals surface area (Å²) in [6.07, 6.45) is 1.37. The van der Waals surface area contributed by atoms with Gasteiger partial charge >= 0.3 is 0 Å². The molecule has 0 atom stereocenters. The van der Waals surface area contributed by atoms with Crippen LogP contribution in [0.15, 0.2) is 60.3 Å². The summed E-state index contributed by atoms with van der Waals surface area (Å²) in [6.45, 7) is 1.93. The van der Waals surface area contributed by atoms with E-state index in [9.17, 15) is 4.79 Å². The molecule has 2 aromatic carbocycles. The topological polar surface area (TPSA) is 74.1 Å². The highest BCUT2D eigenvalue weighted by Crippen LogP contribution is 2.17. The molecule has 1 amide bonds. The number of aryl methyl sites for hydroxylation is 1. The Morgan fingerprint density at radius 3 is 2.61 bits per heavy atom. The maximum Gasteiger partial charge on any atom is 0.267 e. The lowest BCUT2D eigenvalue weighted by molar-refractivity contribution is -0.112. The summed E-state index contributed by atoms with van der Waals surface area (Å²) in [6, 6.07) is 16.5. The maximum absolute atomic E-state index is 12.1. The van der Waals surface area contributed by atoms with Gasteiger partial charge in [-0.05, 0) is 36.8 Å². The van der Waals surface area contributed by atoms with Gasteiger partial charge in [0.25, 0.3) is 5.91 Å². The summed E-state index contributed by atoms with van der Waals surface area (Å²) in [7, 11) is 1.57. The van der Waals surface area contributed by atoms with Gasteiger partial charge < -0.3 is 15.4 Å². The van der Waals surface area contributed by atoms with E-state index >= 15 is 0 Å². The van der Waals surface area contributed by atoms with E-state index in [1.165, 1.54) is 6.20 Å². The van der Waals surface area contributed by atoms with Crippen molar-refractivity contribution >= 4 is 17.3 Å². The van der Waals surface area contributed by atoms with Crippen molar-refractivity contribution in [2.45, 2.75) is 6.92 Å². The zero-order valence-corrected chi connectivity index (χ0v) is 13.0. The minimum atomic E-state index is -0.464. The summed E-state index contributed by atoms with van der Waals surface area (Å²) in [5.74, 6) is 0.222. The van der Waals surface area contributed by atoms with E-state index in [1.54, 1.807) is 19.2 Å². The normalized spacial score (nSPS) is 10.6. The minimum absolute atomic E-state index is 0.0191. The highest BCUT2D eigenvalue weighted by atomic mass is 16.5. The first-order chi connectivity index (χ1) is 11.1. The van der Waals surface area contributed by atoms with Crippen LogP contribution in [0.4, 0.5) is 11.4 Å². The van der Waals surface area contributed by atoms with Gasteiger partial charge in [0.1, 0.15) is 17.4 Å². The van der Waals surface area contributed by atoms with E-state index in [4.69, 9.17) is 10.00 Å². The molecule has 5 nitrogen and oxygen atoms in total. The Bertz CT molecular complexity index is 776. The lowest BCUT2D eigenvalue weighted by atomic mass is 10.2. The molecule has 0 spiro atoms. The van der Waals surface area contributed by atoms with Gasteiger partial charge in [0.05, 0.1) is 7.11 Å². The Balaban J connectivity index is 2.09. The molecule has 23 heavy (non-hydrogen) atoms. The number of benzene rings is 2. The largest absolute Gasteiger partial charge is 0.497 e. The average Bonchev–Trinajstić information content (AvgIpc) is 2.55. The quantitative estimate of drug-likeness (QED) is 0.655. The van der Waals surface area contributed by atoms with Gasteiger partial charge in [0, 0.05) is 23.6 Å². The zero-order chi connectivity index (χ0) is 16.7. The van der Waals surface area contributed by atoms with Crippen molar-refractivity contribution in [2.75, 3.05) is 17.7 Å². The molecule has 0 saturated carbocycles. The Morgan fingerprint density at radius 2 is 1.91 bits per heavy atom. The van der Waals surface area contributed by atoms with Gasteiger partial charge in [-0.15, -0.1) is 0 Å². The van der Waals surface area contributed by atoms with Gasteiger partial charge in [0.15, 0.2) is 0 Å². The van der Waals surface area contributed by atoms with Crippen LogP contribution in [0.5, 0.6) is 5.75 Å². The molecule has 0 bridgehead atoms. The van der Waals surface area contributed by atoms with Gasteiger partial charge in [-0.2, -0.15) is 5.26 Å². The molecule has 5 heteroatoms. The van der Waals surface area contributed by atoms with Crippen molar-refractivity contribution in [2.24, 2.45) is 0 Å². The number of carbonyl (C=O) groups excluding carboxylic acids is 1. The van der Waals surface area contributed by atoms with Crippen LogP contribution in [0.2, 0.25) is 0 Å². The van der Waals surface area contributed by atoms with Crippen LogP contribution in [0.1, 0.15) is 5.56 Å². The number of nitrogens with one attached hydrogen (secondary N) is 2. The fraction of sp³-hybridized carbons (Fsp3) is 0.111. The fourth-order valence-electron chi connectivity index (χ4n) is 1.94. The van der Waals surface area contributed by atoms with Gasteiger partial charge in [-0.25, -0.2) is 0 Å². The number of nitriles is 1. The molecular weight excluding hydrogens is 290 g/mol. The second-order valence-electron chi connectivity index (χ2n) is 4.87. The number of hydrogen-bond donors (Lipinski definition) is 2. The SMILES string of the molecule is COc1cccc(N/C=C(/C#N)C(=O)Nc2cccc(C)c2)c1. The van der Waals surface area contributed by atoms with Crippen molar-refractivity contribution in [1.82, 2.24) is 0 Å². The lowest BCUT2D eigenvalue weighted by Gasteiger charge is -2.07. The molecule has 0 heterocycles. The third-order valence-electron chi connectivity index (χ3n) is 3.09. The third kappa shape index (κ3) is 4.61. The molecule has 116 valence electrons. The molecule has 0 aromatic heterocycles. The van der Waals surface area contributed by atoms with Crippen LogP contribution in [0.25, 0.3) is 0 Å². The number of methoxy groups -OCH3 is 1. The van der Waals surface area contributed by atoms with Crippen molar-refractivity contribution in [3.8, 4) is 11.8 Å². The minimum Gasteiger partial charge on any atom is -0.497 e. The van der Waals surface area contributed by atoms with E-state index < -0.39 is 5.91 Å². The van der Waals surface area contributed by atoms with Gasteiger partial charge in [-0.3, -0.25) is 4.79 Å². The summed E-state index contributed by atoms with van der Waals surface area (Å²) < 4.78 is 5.12. The third-order valence-corrected chi connectivity index (χ3v) is 3.09. The lowest BCUT2D eigenvalue weighted by Crippen LogP contribution is -2.14. The fourth-order valence-corrected chi connectivity index (χ4v) is 1.94. The van der Waals surface area contributed by atoms with Crippen LogP contribution in [-0.2, 0) is 4.79 Å². The highest BCUT2D eigenvalue weighted by Gasteiger charge is 2.09. The van der Waals surface area contributed by atoms with Crippen LogP contribution in [-0.4, -0.2) is 13.0 Å². The number of hydrogen-bond acceptors (Lipinski definition) is 4. The highest BCUT2D eigenvalue weighted by molar-refractivity contribution is 6.06. The maximum atomic E-state index is 12.1. The predicted molar refractivity (Wildman–Crippen MR) is 90.1 cm³/mol.